The quantitative estimate of drug-likeness (QED) is 0.344. The molecule has 2 aromatic rings. The number of likely N-dealkylation sites (N-methyl/N-ethyl adjacent to an activating group) is 2. The van der Waals surface area contributed by atoms with E-state index in [2.05, 4.69) is 10.6 Å². The zero-order valence-electron chi connectivity index (χ0n) is 24.6. The number of amides is 4. The highest BCUT2D eigenvalue weighted by Gasteiger charge is 2.87. The minimum Gasteiger partial charge on any atom is -0.392 e. The van der Waals surface area contributed by atoms with Crippen LogP contribution < -0.4 is 10.6 Å². The Morgan fingerprint density at radius 1 is 0.652 bits per heavy atom. The fraction of sp³-hybridized carbons (Fsp3) is 0.467. The lowest BCUT2D eigenvalue weighted by atomic mass is 9.54. The van der Waals surface area contributed by atoms with E-state index in [1.54, 1.807) is 23.9 Å². The van der Waals surface area contributed by atoms with Crippen LogP contribution in [0.5, 0.6) is 0 Å². The molecule has 2 aromatic carbocycles. The van der Waals surface area contributed by atoms with Crippen LogP contribution in [-0.4, -0.2) is 113 Å². The van der Waals surface area contributed by atoms with Gasteiger partial charge in [0.05, 0.1) is 24.0 Å². The van der Waals surface area contributed by atoms with Gasteiger partial charge in [0.1, 0.15) is 12.3 Å². The third kappa shape index (κ3) is 2.48. The largest absolute Gasteiger partial charge is 0.392 e. The Balaban J connectivity index is 1.29. The summed E-state index contributed by atoms with van der Waals surface area (Å²) >= 11 is 0. The number of nitrogens with zero attached hydrogens (tertiary/aromatic N) is 4. The molecular weight excluding hydrogens is 669 g/mol. The van der Waals surface area contributed by atoms with Crippen molar-refractivity contribution in [2.75, 3.05) is 37.9 Å². The molecule has 238 valence electrons. The first-order valence-electron chi connectivity index (χ1n) is 15.0. The number of carbonyl (C=O) groups excluding carboxylic acids is 4. The molecule has 8 atom stereocenters. The normalized spacial score (nSPS) is 43.7. The Kier molecular flexibility index (Phi) is 5.08. The summed E-state index contributed by atoms with van der Waals surface area (Å²) in [5, 5.41) is 28.6. The molecule has 4 N–H and O–H groups in total. The summed E-state index contributed by atoms with van der Waals surface area (Å²) in [6.07, 6.45) is -1.01. The predicted molar refractivity (Wildman–Crippen MR) is 175 cm³/mol. The van der Waals surface area contributed by atoms with Crippen LogP contribution >= 0.6 is 43.2 Å². The monoisotopic (exact) mass is 696 g/mol. The average Bonchev–Trinajstić information content (AvgIpc) is 3.75. The molecule has 8 fully saturated rings. The molecule has 0 aliphatic carbocycles. The lowest BCUT2D eigenvalue weighted by molar-refractivity contribution is -0.166. The van der Waals surface area contributed by atoms with Gasteiger partial charge in [-0.15, -0.1) is 0 Å². The Hall–Kier alpha value is -2.76. The number of benzene rings is 2. The summed E-state index contributed by atoms with van der Waals surface area (Å²) in [6, 6.07) is 15.8. The highest BCUT2D eigenvalue weighted by atomic mass is 33.1. The second kappa shape index (κ2) is 8.26. The zero-order valence-corrected chi connectivity index (χ0v) is 27.8. The number of rotatable bonds is 3. The van der Waals surface area contributed by atoms with E-state index >= 15 is 0 Å². The first-order chi connectivity index (χ1) is 22.1. The number of aliphatic hydroxyl groups excluding tert-OH is 2. The maximum absolute atomic E-state index is 14.7. The molecule has 7 unspecified atom stereocenters. The van der Waals surface area contributed by atoms with Crippen molar-refractivity contribution in [1.82, 2.24) is 19.6 Å². The van der Waals surface area contributed by atoms with Gasteiger partial charge in [-0.2, -0.15) is 0 Å². The van der Waals surface area contributed by atoms with Crippen LogP contribution in [-0.2, 0) is 30.0 Å². The molecule has 4 amide bonds. The van der Waals surface area contributed by atoms with E-state index in [9.17, 15) is 29.4 Å². The molecule has 10 aliphatic heterocycles. The van der Waals surface area contributed by atoms with Crippen molar-refractivity contribution >= 4 is 78.2 Å². The van der Waals surface area contributed by atoms with E-state index in [1.165, 1.54) is 53.0 Å². The second-order valence-electron chi connectivity index (χ2n) is 13.3. The van der Waals surface area contributed by atoms with Crippen molar-refractivity contribution < 1.29 is 29.4 Å². The van der Waals surface area contributed by atoms with Crippen molar-refractivity contribution in [3.05, 3.63) is 59.7 Å². The lowest BCUT2D eigenvalue weighted by Crippen LogP contribution is -2.77. The van der Waals surface area contributed by atoms with Gasteiger partial charge in [0.2, 0.25) is 9.74 Å². The van der Waals surface area contributed by atoms with E-state index in [1.807, 2.05) is 48.5 Å². The summed E-state index contributed by atoms with van der Waals surface area (Å²) in [7, 11) is 8.28. The SMILES string of the molecule is CN1C(=O)C23CC4(C56CC78SSC(CO)(C(=O)N7[C@H]5Nc5ccccc56)N(C)C8=O)c5ccccc5NC4N2C(=O)C1(CO)SS3. The molecular formula is C30H28N6O6S4. The molecule has 0 radical (unpaired) electrons. The molecule has 16 heteroatoms. The van der Waals surface area contributed by atoms with Gasteiger partial charge in [0, 0.05) is 38.3 Å². The van der Waals surface area contributed by atoms with Gasteiger partial charge in [-0.25, -0.2) is 0 Å². The zero-order chi connectivity index (χ0) is 31.8. The van der Waals surface area contributed by atoms with E-state index in [4.69, 9.17) is 0 Å². The van der Waals surface area contributed by atoms with Crippen molar-refractivity contribution in [2.24, 2.45) is 0 Å². The summed E-state index contributed by atoms with van der Waals surface area (Å²) < 4.78 is 0. The van der Waals surface area contributed by atoms with Gasteiger partial charge < -0.3 is 30.6 Å². The number of piperazine rings is 2. The van der Waals surface area contributed by atoms with Gasteiger partial charge in [-0.05, 0) is 44.8 Å². The van der Waals surface area contributed by atoms with Crippen LogP contribution in [0.2, 0.25) is 0 Å². The number of hydrogen-bond acceptors (Lipinski definition) is 12. The standard InChI is InChI=1S/C30H28N6O6S4/c1-33-21(39)27-11-25(15-7-3-5-9-17(15)31-19(25)35(27)23(41)29(33,13-37)45-43-27)26-12-28-22(40)34(2)30(14-38,46-44-28)24(42)36(28)20(26)32-18-10-6-4-8-16(18)26/h3-10,19-20,31-32,37-38H,11-14H2,1-2H3/t19-,20?,25?,26?,27?,28?,29?,30?/m1/s1. The number of hydrogen-bond donors (Lipinski definition) is 4. The molecule has 10 heterocycles. The fourth-order valence-corrected chi connectivity index (χ4v) is 17.2. The van der Waals surface area contributed by atoms with Crippen LogP contribution in [0.4, 0.5) is 11.4 Å². The lowest BCUT2D eigenvalue weighted by Gasteiger charge is -2.57. The van der Waals surface area contributed by atoms with Gasteiger partial charge in [-0.3, -0.25) is 29.0 Å². The first-order valence-corrected chi connectivity index (χ1v) is 19.3. The van der Waals surface area contributed by atoms with E-state index in [0.29, 0.717) is 0 Å². The Morgan fingerprint density at radius 3 is 1.43 bits per heavy atom. The molecule has 4 bridgehead atoms. The van der Waals surface area contributed by atoms with Gasteiger partial charge in [0.25, 0.3) is 23.6 Å². The summed E-state index contributed by atoms with van der Waals surface area (Å²) in [6.45, 7) is -1.07. The van der Waals surface area contributed by atoms with Crippen LogP contribution in [0.1, 0.15) is 24.0 Å². The third-order valence-corrected chi connectivity index (χ3v) is 19.3. The van der Waals surface area contributed by atoms with Gasteiger partial charge in [0.15, 0.2) is 9.74 Å². The van der Waals surface area contributed by atoms with Gasteiger partial charge >= 0.3 is 0 Å². The highest BCUT2D eigenvalue weighted by molar-refractivity contribution is 8.78. The van der Waals surface area contributed by atoms with Crippen molar-refractivity contribution in [3.63, 3.8) is 0 Å². The van der Waals surface area contributed by atoms with Crippen LogP contribution in [0.25, 0.3) is 0 Å². The van der Waals surface area contributed by atoms with E-state index in [0.717, 1.165) is 22.5 Å². The number of carbonyl (C=O) groups is 4. The minimum atomic E-state index is -1.47. The topological polar surface area (TPSA) is 146 Å². The van der Waals surface area contributed by atoms with Crippen molar-refractivity contribution in [1.29, 1.82) is 0 Å². The Bertz CT molecular complexity index is 1740. The molecule has 12 rings (SSSR count). The second-order valence-corrected chi connectivity index (χ2v) is 18.7. The highest BCUT2D eigenvalue weighted by Crippen LogP contribution is 2.78. The smallest absolute Gasteiger partial charge is 0.265 e. The maximum Gasteiger partial charge on any atom is 0.265 e. The molecule has 0 saturated carbocycles. The average molecular weight is 697 g/mol. The molecule has 46 heavy (non-hydrogen) atoms. The Morgan fingerprint density at radius 2 is 1.04 bits per heavy atom. The summed E-state index contributed by atoms with van der Waals surface area (Å²) in [5.74, 6) is -1.19. The number of anilines is 2. The third-order valence-electron chi connectivity index (χ3n) is 12.0. The number of fused-ring (bicyclic) bond motifs is 11. The first kappa shape index (κ1) is 28.3. The number of nitrogens with one attached hydrogen (secondary N) is 2. The van der Waals surface area contributed by atoms with E-state index < -0.39 is 55.9 Å². The summed E-state index contributed by atoms with van der Waals surface area (Å²) in [4.78, 5) is 59.0. The summed E-state index contributed by atoms with van der Waals surface area (Å²) in [5.41, 5.74) is 1.45. The molecule has 0 aromatic heterocycles. The van der Waals surface area contributed by atoms with Crippen molar-refractivity contribution in [2.45, 2.75) is 55.5 Å². The predicted octanol–water partition coefficient (Wildman–Crippen LogP) is 1.33. The number of para-hydroxylation sites is 2. The van der Waals surface area contributed by atoms with Crippen LogP contribution in [0.3, 0.4) is 0 Å². The molecule has 10 aliphatic rings. The van der Waals surface area contributed by atoms with E-state index in [-0.39, 0.29) is 36.5 Å². The molecule has 12 nitrogen and oxygen atoms in total. The minimum absolute atomic E-state index is 0.223. The molecule has 8 saturated heterocycles. The Labute approximate surface area is 279 Å². The fourth-order valence-electron chi connectivity index (χ4n) is 9.92. The van der Waals surface area contributed by atoms with Crippen LogP contribution in [0, 0.1) is 0 Å². The molecule has 2 spiro atoms. The van der Waals surface area contributed by atoms with Crippen LogP contribution in [0.15, 0.2) is 48.5 Å². The number of aliphatic hydroxyl groups is 2. The van der Waals surface area contributed by atoms with Gasteiger partial charge in [-0.1, -0.05) is 58.0 Å². The van der Waals surface area contributed by atoms with Crippen molar-refractivity contribution in [3.8, 4) is 0 Å². The maximum atomic E-state index is 14.7.